The highest BCUT2D eigenvalue weighted by Crippen LogP contribution is 2.23. The summed E-state index contributed by atoms with van der Waals surface area (Å²) in [5.41, 5.74) is 2.12. The summed E-state index contributed by atoms with van der Waals surface area (Å²) < 4.78 is 0. The van der Waals surface area contributed by atoms with Crippen LogP contribution in [0.5, 0.6) is 11.5 Å². The predicted octanol–water partition coefficient (Wildman–Crippen LogP) is 0.719. The average molecular weight is 274 g/mol. The molecule has 20 heavy (non-hydrogen) atoms. The van der Waals surface area contributed by atoms with Crippen LogP contribution in [0.3, 0.4) is 0 Å². The first-order valence-electron chi connectivity index (χ1n) is 6.24. The maximum atomic E-state index is 12.1. The van der Waals surface area contributed by atoms with Crippen LogP contribution in [0.1, 0.15) is 21.6 Å². The van der Waals surface area contributed by atoms with Gasteiger partial charge in [0.1, 0.15) is 11.5 Å². The van der Waals surface area contributed by atoms with Gasteiger partial charge in [-0.25, -0.2) is 0 Å². The lowest BCUT2D eigenvalue weighted by atomic mass is 10.1. The van der Waals surface area contributed by atoms with Gasteiger partial charge in [0.05, 0.1) is 0 Å². The number of nitrogens with one attached hydrogen (secondary N) is 3. The van der Waals surface area contributed by atoms with Gasteiger partial charge >= 0.3 is 0 Å². The van der Waals surface area contributed by atoms with Gasteiger partial charge in [0.2, 0.25) is 0 Å². The van der Waals surface area contributed by atoms with Gasteiger partial charge < -0.3 is 20.8 Å². The van der Waals surface area contributed by atoms with E-state index in [1.165, 1.54) is 12.1 Å². The number of benzene rings is 1. The van der Waals surface area contributed by atoms with Gasteiger partial charge in [-0.1, -0.05) is 0 Å². The van der Waals surface area contributed by atoms with Crippen LogP contribution < -0.4 is 10.6 Å². The van der Waals surface area contributed by atoms with Crippen LogP contribution in [-0.4, -0.2) is 32.9 Å². The van der Waals surface area contributed by atoms with Gasteiger partial charge in [-0.05, 0) is 12.1 Å². The molecule has 1 aromatic heterocycles. The summed E-state index contributed by atoms with van der Waals surface area (Å²) in [5, 5.41) is 31.7. The largest absolute Gasteiger partial charge is 0.508 e. The van der Waals surface area contributed by atoms with Crippen LogP contribution in [0.4, 0.5) is 5.82 Å². The molecule has 0 saturated heterocycles. The molecule has 0 radical (unpaired) electrons. The predicted molar refractivity (Wildman–Crippen MR) is 71.7 cm³/mol. The molecular formula is C13H14N4O3. The number of hydrogen-bond donors (Lipinski definition) is 5. The Kier molecular flexibility index (Phi) is 3.03. The number of aromatic hydroxyl groups is 2. The average Bonchev–Trinajstić information content (AvgIpc) is 2.81. The fraction of sp³-hybridized carbons (Fsp3) is 0.231. The number of aromatic nitrogens is 2. The van der Waals surface area contributed by atoms with Crippen LogP contribution in [0.25, 0.3) is 0 Å². The number of hydrogen-bond acceptors (Lipinski definition) is 5. The van der Waals surface area contributed by atoms with Crippen molar-refractivity contribution < 1.29 is 15.0 Å². The Balaban J connectivity index is 1.84. The normalized spacial score (nSPS) is 13.8. The van der Waals surface area contributed by atoms with E-state index in [4.69, 9.17) is 0 Å². The van der Waals surface area contributed by atoms with Crippen LogP contribution in [-0.2, 0) is 13.0 Å². The maximum absolute atomic E-state index is 12.1. The van der Waals surface area contributed by atoms with Gasteiger partial charge in [-0.2, -0.15) is 5.10 Å². The van der Waals surface area contributed by atoms with Crippen molar-refractivity contribution >= 4 is 11.7 Å². The van der Waals surface area contributed by atoms with E-state index >= 15 is 0 Å². The van der Waals surface area contributed by atoms with E-state index in [-0.39, 0.29) is 17.1 Å². The Morgan fingerprint density at radius 2 is 2.00 bits per heavy atom. The second-order valence-electron chi connectivity index (χ2n) is 4.65. The van der Waals surface area contributed by atoms with Crippen molar-refractivity contribution in [1.82, 2.24) is 15.5 Å². The molecule has 5 N–H and O–H groups in total. The molecule has 0 atom stereocenters. The van der Waals surface area contributed by atoms with Gasteiger partial charge in [0, 0.05) is 42.4 Å². The summed E-state index contributed by atoms with van der Waals surface area (Å²) in [4.78, 5) is 12.1. The summed E-state index contributed by atoms with van der Waals surface area (Å²) >= 11 is 0. The summed E-state index contributed by atoms with van der Waals surface area (Å²) in [6.07, 6.45) is 0.838. The number of carbonyl (C=O) groups excluding carboxylic acids is 1. The first-order chi connectivity index (χ1) is 9.63. The Morgan fingerprint density at radius 3 is 2.75 bits per heavy atom. The molecule has 0 saturated carbocycles. The number of phenols is 2. The number of rotatable bonds is 2. The van der Waals surface area contributed by atoms with E-state index in [9.17, 15) is 15.0 Å². The zero-order valence-corrected chi connectivity index (χ0v) is 10.6. The molecule has 0 aliphatic carbocycles. The molecule has 1 aliphatic heterocycles. The van der Waals surface area contributed by atoms with Gasteiger partial charge in [-0.3, -0.25) is 9.89 Å². The molecule has 1 aromatic carbocycles. The quantitative estimate of drug-likeness (QED) is 0.554. The summed E-state index contributed by atoms with van der Waals surface area (Å²) in [6, 6.07) is 3.73. The standard InChI is InChI=1S/C13H14N4O3/c18-8-3-7(4-9(19)5-8)13(20)15-12-10-6-14-2-1-11(10)16-17-12/h3-5,14,18-19H,1-2,6H2,(H2,15,16,17,20). The lowest BCUT2D eigenvalue weighted by Crippen LogP contribution is -2.24. The number of nitrogens with zero attached hydrogens (tertiary/aromatic N) is 1. The molecule has 1 aliphatic rings. The van der Waals surface area contributed by atoms with Crippen molar-refractivity contribution in [3.8, 4) is 11.5 Å². The molecule has 0 bridgehead atoms. The molecular weight excluding hydrogens is 260 g/mol. The van der Waals surface area contributed by atoms with Crippen LogP contribution in [0, 0.1) is 0 Å². The second kappa shape index (κ2) is 4.86. The zero-order chi connectivity index (χ0) is 14.1. The number of phenolic OH excluding ortho intramolecular Hbond substituents is 2. The van der Waals surface area contributed by atoms with Crippen molar-refractivity contribution in [3.05, 3.63) is 35.0 Å². The van der Waals surface area contributed by atoms with Crippen molar-refractivity contribution in [3.63, 3.8) is 0 Å². The molecule has 0 unspecified atom stereocenters. The molecule has 7 nitrogen and oxygen atoms in total. The Labute approximate surface area is 114 Å². The molecule has 1 amide bonds. The highest BCUT2D eigenvalue weighted by atomic mass is 16.3. The summed E-state index contributed by atoms with van der Waals surface area (Å²) in [5.74, 6) is -0.294. The summed E-state index contributed by atoms with van der Waals surface area (Å²) in [6.45, 7) is 1.52. The molecule has 104 valence electrons. The minimum atomic E-state index is -0.434. The molecule has 2 heterocycles. The Bertz CT molecular complexity index is 645. The van der Waals surface area contributed by atoms with E-state index < -0.39 is 5.91 Å². The fourth-order valence-corrected chi connectivity index (χ4v) is 2.23. The van der Waals surface area contributed by atoms with Crippen molar-refractivity contribution in [2.45, 2.75) is 13.0 Å². The Hall–Kier alpha value is -2.54. The molecule has 7 heteroatoms. The van der Waals surface area contributed by atoms with Crippen LogP contribution >= 0.6 is 0 Å². The smallest absolute Gasteiger partial charge is 0.257 e. The number of aromatic amines is 1. The van der Waals surface area contributed by atoms with E-state index in [0.29, 0.717) is 12.4 Å². The lowest BCUT2D eigenvalue weighted by Gasteiger charge is -2.13. The second-order valence-corrected chi connectivity index (χ2v) is 4.65. The van der Waals surface area contributed by atoms with Crippen molar-refractivity contribution in [2.24, 2.45) is 0 Å². The topological polar surface area (TPSA) is 110 Å². The number of carbonyl (C=O) groups is 1. The van der Waals surface area contributed by atoms with E-state index in [2.05, 4.69) is 20.8 Å². The Morgan fingerprint density at radius 1 is 1.25 bits per heavy atom. The van der Waals surface area contributed by atoms with Crippen LogP contribution in [0.2, 0.25) is 0 Å². The lowest BCUT2D eigenvalue weighted by molar-refractivity contribution is 0.102. The zero-order valence-electron chi connectivity index (χ0n) is 10.6. The SMILES string of the molecule is O=C(Nc1n[nH]c2c1CNCC2)c1cc(O)cc(O)c1. The summed E-state index contributed by atoms with van der Waals surface area (Å²) in [7, 11) is 0. The van der Waals surface area contributed by atoms with Gasteiger partial charge in [-0.15, -0.1) is 0 Å². The molecule has 3 rings (SSSR count). The van der Waals surface area contributed by atoms with Crippen molar-refractivity contribution in [2.75, 3.05) is 11.9 Å². The van der Waals surface area contributed by atoms with Crippen LogP contribution in [0.15, 0.2) is 18.2 Å². The van der Waals surface area contributed by atoms with E-state index in [1.807, 2.05) is 0 Å². The third-order valence-electron chi connectivity index (χ3n) is 3.20. The molecule has 0 spiro atoms. The highest BCUT2D eigenvalue weighted by molar-refractivity contribution is 6.04. The minimum Gasteiger partial charge on any atom is -0.508 e. The first-order valence-corrected chi connectivity index (χ1v) is 6.24. The monoisotopic (exact) mass is 274 g/mol. The minimum absolute atomic E-state index is 0.166. The number of amides is 1. The third kappa shape index (κ3) is 2.30. The molecule has 0 fully saturated rings. The number of H-pyrrole nitrogens is 1. The van der Waals surface area contributed by atoms with E-state index in [1.54, 1.807) is 0 Å². The molecule has 2 aromatic rings. The van der Waals surface area contributed by atoms with Crippen molar-refractivity contribution in [1.29, 1.82) is 0 Å². The third-order valence-corrected chi connectivity index (χ3v) is 3.20. The number of fused-ring (bicyclic) bond motifs is 1. The van der Waals surface area contributed by atoms with Gasteiger partial charge in [0.25, 0.3) is 5.91 Å². The number of anilines is 1. The first kappa shape index (κ1) is 12.5. The maximum Gasteiger partial charge on any atom is 0.257 e. The fourth-order valence-electron chi connectivity index (χ4n) is 2.23. The van der Waals surface area contributed by atoms with Gasteiger partial charge in [0.15, 0.2) is 5.82 Å². The van der Waals surface area contributed by atoms with E-state index in [0.717, 1.165) is 30.3 Å². The highest BCUT2D eigenvalue weighted by Gasteiger charge is 2.19.